The van der Waals surface area contributed by atoms with Crippen molar-refractivity contribution in [1.82, 2.24) is 14.9 Å². The second kappa shape index (κ2) is 6.01. The Labute approximate surface area is 127 Å². The summed E-state index contributed by atoms with van der Waals surface area (Å²) in [5.41, 5.74) is 5.75. The van der Waals surface area contributed by atoms with Gasteiger partial charge in [-0.15, -0.1) is 0 Å². The Bertz CT molecular complexity index is 560. The number of amides is 2. The monoisotopic (exact) mass is 306 g/mol. The van der Waals surface area contributed by atoms with Crippen LogP contribution in [0.4, 0.5) is 5.82 Å². The van der Waals surface area contributed by atoms with E-state index in [1.54, 1.807) is 6.20 Å². The van der Waals surface area contributed by atoms with E-state index in [9.17, 15) is 9.59 Å². The van der Waals surface area contributed by atoms with Crippen molar-refractivity contribution in [2.45, 2.75) is 54.8 Å². The molecule has 1 saturated heterocycles. The largest absolute Gasteiger partial charge is 0.381 e. The summed E-state index contributed by atoms with van der Waals surface area (Å²) < 4.78 is 0. The number of nitrogens with two attached hydrogens (primary N) is 1. The van der Waals surface area contributed by atoms with Gasteiger partial charge in [-0.2, -0.15) is 0 Å². The smallest absolute Gasteiger partial charge is 0.243 e. The molecule has 1 aliphatic carbocycles. The summed E-state index contributed by atoms with van der Waals surface area (Å²) >= 11 is 1.25. The standard InChI is InChI=1S/C14H18N4O2S/c15-12-13(17-7-6-16-12)21-10-8-11(19)18(14(10)20)9-4-2-1-3-5-9/h6-7,9-10H,1-5,8H2,(H2,15,16). The zero-order chi connectivity index (χ0) is 14.8. The van der Waals surface area contributed by atoms with Crippen LogP contribution in [0.1, 0.15) is 38.5 Å². The molecule has 2 aliphatic rings. The lowest BCUT2D eigenvalue weighted by Gasteiger charge is -2.29. The van der Waals surface area contributed by atoms with E-state index in [2.05, 4.69) is 9.97 Å². The summed E-state index contributed by atoms with van der Waals surface area (Å²) in [4.78, 5) is 34.3. The Kier molecular flexibility index (Phi) is 4.10. The highest BCUT2D eigenvalue weighted by atomic mass is 32.2. The fraction of sp³-hybridized carbons (Fsp3) is 0.571. The molecule has 1 atom stereocenters. The Balaban J connectivity index is 1.72. The number of imide groups is 1. The average Bonchev–Trinajstić information content (AvgIpc) is 2.77. The van der Waals surface area contributed by atoms with Gasteiger partial charge in [0.05, 0.1) is 5.25 Å². The SMILES string of the molecule is Nc1nccnc1SC1CC(=O)N(C2CCCCC2)C1=O. The van der Waals surface area contributed by atoms with Crippen LogP contribution in [0.2, 0.25) is 0 Å². The van der Waals surface area contributed by atoms with Crippen molar-refractivity contribution in [3.05, 3.63) is 12.4 Å². The molecule has 2 heterocycles. The molecule has 2 fully saturated rings. The highest BCUT2D eigenvalue weighted by Gasteiger charge is 2.43. The topological polar surface area (TPSA) is 89.2 Å². The van der Waals surface area contributed by atoms with E-state index in [1.807, 2.05) is 0 Å². The molecule has 1 aromatic rings. The normalized spacial score (nSPS) is 23.8. The zero-order valence-electron chi connectivity index (χ0n) is 11.7. The number of rotatable bonds is 3. The Morgan fingerprint density at radius 2 is 1.86 bits per heavy atom. The van der Waals surface area contributed by atoms with Crippen LogP contribution in [0.15, 0.2) is 17.4 Å². The maximum absolute atomic E-state index is 12.5. The molecule has 6 nitrogen and oxygen atoms in total. The maximum Gasteiger partial charge on any atom is 0.243 e. The van der Waals surface area contributed by atoms with Crippen molar-refractivity contribution < 1.29 is 9.59 Å². The Morgan fingerprint density at radius 1 is 1.14 bits per heavy atom. The van der Waals surface area contributed by atoms with E-state index in [4.69, 9.17) is 5.73 Å². The molecule has 3 rings (SSSR count). The van der Waals surface area contributed by atoms with Crippen molar-refractivity contribution in [3.8, 4) is 0 Å². The Hall–Kier alpha value is -1.63. The summed E-state index contributed by atoms with van der Waals surface area (Å²) in [5, 5.41) is 0.104. The van der Waals surface area contributed by atoms with Gasteiger partial charge >= 0.3 is 0 Å². The molecule has 0 radical (unpaired) electrons. The molecule has 0 aromatic carbocycles. The number of carbonyl (C=O) groups excluding carboxylic acids is 2. The van der Waals surface area contributed by atoms with Crippen LogP contribution in [-0.2, 0) is 9.59 Å². The van der Waals surface area contributed by atoms with Gasteiger partial charge in [-0.25, -0.2) is 9.97 Å². The van der Waals surface area contributed by atoms with Crippen LogP contribution in [-0.4, -0.2) is 38.0 Å². The zero-order valence-corrected chi connectivity index (χ0v) is 12.5. The third-order valence-corrected chi connectivity index (χ3v) is 5.22. The third-order valence-electron chi connectivity index (χ3n) is 4.03. The first-order valence-corrected chi connectivity index (χ1v) is 8.14. The van der Waals surface area contributed by atoms with Crippen LogP contribution < -0.4 is 5.73 Å². The minimum Gasteiger partial charge on any atom is -0.381 e. The molecule has 0 spiro atoms. The molecule has 2 N–H and O–H groups in total. The van der Waals surface area contributed by atoms with Crippen LogP contribution in [0.3, 0.4) is 0 Å². The van der Waals surface area contributed by atoms with Crippen LogP contribution >= 0.6 is 11.8 Å². The number of nitrogens with zero attached hydrogens (tertiary/aromatic N) is 3. The van der Waals surface area contributed by atoms with Gasteiger partial charge in [-0.1, -0.05) is 31.0 Å². The van der Waals surface area contributed by atoms with E-state index in [1.165, 1.54) is 29.3 Å². The van der Waals surface area contributed by atoms with Gasteiger partial charge in [-0.3, -0.25) is 14.5 Å². The first-order chi connectivity index (χ1) is 10.2. The number of hydrogen-bond acceptors (Lipinski definition) is 6. The van der Waals surface area contributed by atoms with Gasteiger partial charge in [-0.05, 0) is 12.8 Å². The second-order valence-corrected chi connectivity index (χ2v) is 6.64. The van der Waals surface area contributed by atoms with Crippen molar-refractivity contribution >= 4 is 29.4 Å². The summed E-state index contributed by atoms with van der Waals surface area (Å²) in [5.74, 6) is 0.146. The van der Waals surface area contributed by atoms with Gasteiger partial charge in [0, 0.05) is 24.9 Å². The number of hydrogen-bond donors (Lipinski definition) is 1. The van der Waals surface area contributed by atoms with Crippen molar-refractivity contribution in [1.29, 1.82) is 0 Å². The van der Waals surface area contributed by atoms with Crippen molar-refractivity contribution in [3.63, 3.8) is 0 Å². The molecule has 1 aliphatic heterocycles. The molecular formula is C14H18N4O2S. The molecule has 1 unspecified atom stereocenters. The number of nitrogen functional groups attached to an aromatic ring is 1. The average molecular weight is 306 g/mol. The quantitative estimate of drug-likeness (QED) is 0.853. The highest BCUT2D eigenvalue weighted by Crippen LogP contribution is 2.35. The lowest BCUT2D eigenvalue weighted by atomic mass is 9.94. The maximum atomic E-state index is 12.5. The highest BCUT2D eigenvalue weighted by molar-refractivity contribution is 8.00. The van der Waals surface area contributed by atoms with Crippen LogP contribution in [0.25, 0.3) is 0 Å². The molecule has 21 heavy (non-hydrogen) atoms. The molecule has 0 bridgehead atoms. The number of carbonyl (C=O) groups is 2. The first-order valence-electron chi connectivity index (χ1n) is 7.26. The molecule has 1 aromatic heterocycles. The number of likely N-dealkylation sites (tertiary alicyclic amines) is 1. The van der Waals surface area contributed by atoms with Gasteiger partial charge in [0.2, 0.25) is 11.8 Å². The predicted molar refractivity (Wildman–Crippen MR) is 79.4 cm³/mol. The minimum absolute atomic E-state index is 0.0631. The fourth-order valence-electron chi connectivity index (χ4n) is 3.00. The third kappa shape index (κ3) is 2.88. The van der Waals surface area contributed by atoms with Crippen molar-refractivity contribution in [2.24, 2.45) is 0 Å². The minimum atomic E-state index is -0.418. The summed E-state index contributed by atoms with van der Waals surface area (Å²) in [6.07, 6.45) is 8.53. The van der Waals surface area contributed by atoms with Gasteiger partial charge in [0.15, 0.2) is 5.82 Å². The summed E-state index contributed by atoms with van der Waals surface area (Å²) in [7, 11) is 0. The summed E-state index contributed by atoms with van der Waals surface area (Å²) in [6, 6.07) is 0.0866. The second-order valence-electron chi connectivity index (χ2n) is 5.45. The summed E-state index contributed by atoms with van der Waals surface area (Å²) in [6.45, 7) is 0. The molecule has 1 saturated carbocycles. The molecule has 7 heteroatoms. The molecule has 2 amide bonds. The fourth-order valence-corrected chi connectivity index (χ4v) is 4.00. The van der Waals surface area contributed by atoms with E-state index in [-0.39, 0.29) is 24.3 Å². The number of anilines is 1. The molecule has 112 valence electrons. The predicted octanol–water partition coefficient (Wildman–Crippen LogP) is 1.61. The van der Waals surface area contributed by atoms with Gasteiger partial charge in [0.25, 0.3) is 0 Å². The first kappa shape index (κ1) is 14.3. The molecular weight excluding hydrogens is 288 g/mol. The Morgan fingerprint density at radius 3 is 2.57 bits per heavy atom. The number of thioether (sulfide) groups is 1. The van der Waals surface area contributed by atoms with Gasteiger partial charge in [0.1, 0.15) is 5.03 Å². The van der Waals surface area contributed by atoms with E-state index >= 15 is 0 Å². The lowest BCUT2D eigenvalue weighted by molar-refractivity contribution is -0.141. The van der Waals surface area contributed by atoms with Crippen molar-refractivity contribution in [2.75, 3.05) is 5.73 Å². The van der Waals surface area contributed by atoms with E-state index in [0.29, 0.717) is 10.8 Å². The number of aromatic nitrogens is 2. The van der Waals surface area contributed by atoms with Crippen LogP contribution in [0.5, 0.6) is 0 Å². The van der Waals surface area contributed by atoms with Gasteiger partial charge < -0.3 is 5.73 Å². The van der Waals surface area contributed by atoms with E-state index in [0.717, 1.165) is 25.7 Å². The van der Waals surface area contributed by atoms with Crippen LogP contribution in [0, 0.1) is 0 Å². The lowest BCUT2D eigenvalue weighted by Crippen LogP contribution is -2.41. The van der Waals surface area contributed by atoms with E-state index < -0.39 is 5.25 Å².